The topological polar surface area (TPSA) is 49.4 Å². The van der Waals surface area contributed by atoms with Crippen molar-refractivity contribution < 1.29 is 9.59 Å². The molecule has 134 valence electrons. The number of likely N-dealkylation sites (N-methyl/N-ethyl adjacent to an activating group) is 1. The van der Waals surface area contributed by atoms with E-state index >= 15 is 0 Å². The van der Waals surface area contributed by atoms with E-state index in [4.69, 9.17) is 0 Å². The molecule has 1 heterocycles. The lowest BCUT2D eigenvalue weighted by atomic mass is 10.1. The van der Waals surface area contributed by atoms with Crippen molar-refractivity contribution in [1.29, 1.82) is 0 Å². The average molecular weight is 377 g/mol. The lowest BCUT2D eigenvalue weighted by molar-refractivity contribution is -0.132. The number of amides is 2. The lowest BCUT2D eigenvalue weighted by Gasteiger charge is -2.24. The molecule has 1 aromatic heterocycles. The minimum absolute atomic E-state index is 0.0524. The second-order valence-electron chi connectivity index (χ2n) is 5.95. The number of benzene rings is 1. The van der Waals surface area contributed by atoms with Crippen LogP contribution in [0.1, 0.15) is 27.2 Å². The predicted molar refractivity (Wildman–Crippen MR) is 106 cm³/mol. The highest BCUT2D eigenvalue weighted by Crippen LogP contribution is 2.13. The van der Waals surface area contributed by atoms with Crippen molar-refractivity contribution >= 4 is 34.9 Å². The molecule has 0 saturated carbocycles. The molecule has 1 unspecified atom stereocenters. The van der Waals surface area contributed by atoms with Crippen molar-refractivity contribution in [3.63, 3.8) is 0 Å². The van der Waals surface area contributed by atoms with Crippen LogP contribution < -0.4 is 5.32 Å². The van der Waals surface area contributed by atoms with Crippen molar-refractivity contribution in [3.05, 3.63) is 57.8 Å². The maximum atomic E-state index is 12.8. The van der Waals surface area contributed by atoms with Crippen LogP contribution in [0.15, 0.2) is 41.8 Å². The van der Waals surface area contributed by atoms with Crippen molar-refractivity contribution in [2.75, 3.05) is 19.1 Å². The summed E-state index contributed by atoms with van der Waals surface area (Å²) in [5.41, 5.74) is 1.61. The molecule has 2 rings (SSSR count). The fourth-order valence-corrected chi connectivity index (χ4v) is 3.73. The molecule has 1 atom stereocenters. The Morgan fingerprint density at radius 1 is 1.28 bits per heavy atom. The van der Waals surface area contributed by atoms with Crippen molar-refractivity contribution in [3.8, 4) is 0 Å². The van der Waals surface area contributed by atoms with Gasteiger partial charge in [0.15, 0.2) is 0 Å². The fraction of sp³-hybridized carbons (Fsp3) is 0.368. The Labute approximate surface area is 157 Å². The van der Waals surface area contributed by atoms with Gasteiger partial charge in [0.2, 0.25) is 5.91 Å². The third-order valence-electron chi connectivity index (χ3n) is 3.84. The predicted octanol–water partition coefficient (Wildman–Crippen LogP) is 3.57. The number of hydrogen-bond acceptors (Lipinski definition) is 4. The number of rotatable bonds is 8. The van der Waals surface area contributed by atoms with Gasteiger partial charge in [0, 0.05) is 17.5 Å². The first-order valence-corrected chi connectivity index (χ1v) is 10.4. The van der Waals surface area contributed by atoms with Crippen LogP contribution in [0.2, 0.25) is 0 Å². The molecule has 2 amide bonds. The summed E-state index contributed by atoms with van der Waals surface area (Å²) in [5, 5.41) is 4.91. The zero-order chi connectivity index (χ0) is 18.2. The van der Waals surface area contributed by atoms with Gasteiger partial charge >= 0.3 is 0 Å². The zero-order valence-corrected chi connectivity index (χ0v) is 16.5. The summed E-state index contributed by atoms with van der Waals surface area (Å²) in [6.07, 6.45) is 2.62. The van der Waals surface area contributed by atoms with E-state index in [9.17, 15) is 9.59 Å². The SMILES string of the molecule is CSCCC(NC(=O)c1cccc(C)c1)C(=O)N(C)Cc1cccs1. The number of nitrogens with one attached hydrogen (secondary N) is 1. The summed E-state index contributed by atoms with van der Waals surface area (Å²) >= 11 is 3.30. The van der Waals surface area contributed by atoms with E-state index in [0.717, 1.165) is 16.2 Å². The highest BCUT2D eigenvalue weighted by atomic mass is 32.2. The van der Waals surface area contributed by atoms with E-state index in [1.54, 1.807) is 41.1 Å². The molecule has 0 spiro atoms. The first kappa shape index (κ1) is 19.5. The van der Waals surface area contributed by atoms with Gasteiger partial charge in [0.25, 0.3) is 5.91 Å². The molecule has 0 aliphatic heterocycles. The van der Waals surface area contributed by atoms with Crippen molar-refractivity contribution in [2.45, 2.75) is 25.9 Å². The van der Waals surface area contributed by atoms with Crippen molar-refractivity contribution in [1.82, 2.24) is 10.2 Å². The zero-order valence-electron chi connectivity index (χ0n) is 14.8. The van der Waals surface area contributed by atoms with Gasteiger partial charge in [0.05, 0.1) is 6.54 Å². The molecular formula is C19H24N2O2S2. The van der Waals surface area contributed by atoms with Crippen molar-refractivity contribution in [2.24, 2.45) is 0 Å². The molecule has 0 aliphatic rings. The van der Waals surface area contributed by atoms with Gasteiger partial charge in [-0.3, -0.25) is 9.59 Å². The maximum absolute atomic E-state index is 12.8. The highest BCUT2D eigenvalue weighted by molar-refractivity contribution is 7.98. The van der Waals surface area contributed by atoms with Crippen LogP contribution in [0.3, 0.4) is 0 Å². The molecule has 0 bridgehead atoms. The summed E-state index contributed by atoms with van der Waals surface area (Å²) in [6, 6.07) is 10.9. The molecule has 4 nitrogen and oxygen atoms in total. The Balaban J connectivity index is 2.06. The van der Waals surface area contributed by atoms with Crippen LogP contribution in [-0.2, 0) is 11.3 Å². The molecule has 6 heteroatoms. The molecular weight excluding hydrogens is 352 g/mol. The third kappa shape index (κ3) is 5.90. The van der Waals surface area contributed by atoms with Gasteiger partial charge in [-0.1, -0.05) is 23.8 Å². The smallest absolute Gasteiger partial charge is 0.251 e. The molecule has 1 aromatic carbocycles. The maximum Gasteiger partial charge on any atom is 0.251 e. The van der Waals surface area contributed by atoms with E-state index in [0.29, 0.717) is 18.5 Å². The molecule has 0 aliphatic carbocycles. The van der Waals surface area contributed by atoms with Crippen LogP contribution >= 0.6 is 23.1 Å². The van der Waals surface area contributed by atoms with Gasteiger partial charge in [0.1, 0.15) is 6.04 Å². The number of carbonyl (C=O) groups is 2. The Kier molecular flexibility index (Phi) is 7.52. The number of carbonyl (C=O) groups excluding carboxylic acids is 2. The standard InChI is InChI=1S/C19H24N2O2S2/c1-14-6-4-7-15(12-14)18(22)20-17(9-11-24-3)19(23)21(2)13-16-8-5-10-25-16/h4-8,10,12,17H,9,11,13H2,1-3H3,(H,20,22). The Hall–Kier alpha value is -1.79. The molecule has 1 N–H and O–H groups in total. The van der Waals surface area contributed by atoms with Crippen LogP contribution in [0.4, 0.5) is 0 Å². The normalized spacial score (nSPS) is 11.8. The highest BCUT2D eigenvalue weighted by Gasteiger charge is 2.24. The number of hydrogen-bond donors (Lipinski definition) is 1. The molecule has 0 radical (unpaired) electrons. The molecule has 25 heavy (non-hydrogen) atoms. The first-order chi connectivity index (χ1) is 12.0. The fourth-order valence-electron chi connectivity index (χ4n) is 2.50. The Morgan fingerprint density at radius 3 is 2.72 bits per heavy atom. The Bertz CT molecular complexity index is 701. The minimum Gasteiger partial charge on any atom is -0.340 e. The van der Waals surface area contributed by atoms with Crippen LogP contribution in [0, 0.1) is 6.92 Å². The summed E-state index contributed by atoms with van der Waals surface area (Å²) in [4.78, 5) is 28.2. The average Bonchev–Trinajstić information content (AvgIpc) is 3.10. The second-order valence-corrected chi connectivity index (χ2v) is 7.97. The largest absolute Gasteiger partial charge is 0.340 e. The summed E-state index contributed by atoms with van der Waals surface area (Å²) in [6.45, 7) is 2.51. The van der Waals surface area contributed by atoms with Gasteiger partial charge < -0.3 is 10.2 Å². The molecule has 0 saturated heterocycles. The number of aryl methyl sites for hydroxylation is 1. The van der Waals surface area contributed by atoms with Crippen LogP contribution in [0.25, 0.3) is 0 Å². The third-order valence-corrected chi connectivity index (χ3v) is 5.35. The second kappa shape index (κ2) is 9.63. The number of nitrogens with zero attached hydrogens (tertiary/aromatic N) is 1. The van der Waals surface area contributed by atoms with E-state index < -0.39 is 6.04 Å². The number of thioether (sulfide) groups is 1. The van der Waals surface area contributed by atoms with E-state index in [-0.39, 0.29) is 11.8 Å². The quantitative estimate of drug-likeness (QED) is 0.766. The van der Waals surface area contributed by atoms with E-state index in [1.165, 1.54) is 0 Å². The summed E-state index contributed by atoms with van der Waals surface area (Å²) in [5.74, 6) is 0.563. The van der Waals surface area contributed by atoms with Gasteiger partial charge in [-0.2, -0.15) is 11.8 Å². The Morgan fingerprint density at radius 2 is 2.08 bits per heavy atom. The lowest BCUT2D eigenvalue weighted by Crippen LogP contribution is -2.47. The van der Waals surface area contributed by atoms with Crippen LogP contribution in [-0.4, -0.2) is 41.8 Å². The van der Waals surface area contributed by atoms with Gasteiger partial charge in [-0.15, -0.1) is 11.3 Å². The monoisotopic (exact) mass is 376 g/mol. The van der Waals surface area contributed by atoms with Gasteiger partial charge in [-0.25, -0.2) is 0 Å². The minimum atomic E-state index is -0.509. The van der Waals surface area contributed by atoms with E-state index in [2.05, 4.69) is 5.32 Å². The molecule has 0 fully saturated rings. The summed E-state index contributed by atoms with van der Waals surface area (Å²) in [7, 11) is 1.78. The summed E-state index contributed by atoms with van der Waals surface area (Å²) < 4.78 is 0. The molecule has 2 aromatic rings. The van der Waals surface area contributed by atoms with E-state index in [1.807, 2.05) is 48.9 Å². The van der Waals surface area contributed by atoms with Gasteiger partial charge in [-0.05, 0) is 48.9 Å². The first-order valence-electron chi connectivity index (χ1n) is 8.15. The van der Waals surface area contributed by atoms with Crippen LogP contribution in [0.5, 0.6) is 0 Å². The number of thiophene rings is 1.